The fourth-order valence-corrected chi connectivity index (χ4v) is 3.35. The average Bonchev–Trinajstić information content (AvgIpc) is 2.69. The topological polar surface area (TPSA) is 70.1 Å². The molecule has 0 aliphatic rings. The first-order chi connectivity index (χ1) is 13.1. The highest BCUT2D eigenvalue weighted by molar-refractivity contribution is 14.1. The number of para-hydroxylation sites is 1. The number of benzene rings is 3. The van der Waals surface area contributed by atoms with E-state index in [2.05, 4.69) is 22.6 Å². The summed E-state index contributed by atoms with van der Waals surface area (Å²) in [5.41, 5.74) is 7.66. The molecule has 27 heavy (non-hydrogen) atoms. The number of nitrogens with zero attached hydrogens (tertiary/aromatic N) is 2. The number of aromatic nitrogens is 2. The summed E-state index contributed by atoms with van der Waals surface area (Å²) in [5, 5.41) is 0.571. The van der Waals surface area contributed by atoms with Crippen LogP contribution in [0.1, 0.15) is 5.82 Å². The van der Waals surface area contributed by atoms with Gasteiger partial charge in [-0.2, -0.15) is 0 Å². The Morgan fingerprint density at radius 2 is 1.74 bits per heavy atom. The maximum absolute atomic E-state index is 13.2. The number of rotatable bonds is 4. The molecule has 0 amide bonds. The molecule has 0 atom stereocenters. The summed E-state index contributed by atoms with van der Waals surface area (Å²) < 4.78 is 8.42. The Hall–Kier alpha value is -2.87. The third-order valence-electron chi connectivity index (χ3n) is 4.16. The van der Waals surface area contributed by atoms with Crippen molar-refractivity contribution in [1.29, 1.82) is 0 Å². The molecule has 0 unspecified atom stereocenters. The van der Waals surface area contributed by atoms with Crippen LogP contribution in [-0.2, 0) is 6.61 Å². The van der Waals surface area contributed by atoms with Crippen molar-refractivity contribution in [3.05, 3.63) is 92.5 Å². The molecule has 2 N–H and O–H groups in total. The molecule has 0 saturated heterocycles. The van der Waals surface area contributed by atoms with E-state index in [9.17, 15) is 4.79 Å². The zero-order valence-electron chi connectivity index (χ0n) is 14.3. The number of nitrogens with two attached hydrogens (primary N) is 1. The van der Waals surface area contributed by atoms with Crippen LogP contribution in [0.25, 0.3) is 16.6 Å². The molecule has 4 aromatic rings. The van der Waals surface area contributed by atoms with Crippen molar-refractivity contribution in [1.82, 2.24) is 9.55 Å². The maximum atomic E-state index is 13.2. The first kappa shape index (κ1) is 17.5. The summed E-state index contributed by atoms with van der Waals surface area (Å²) in [6.07, 6.45) is 0. The highest BCUT2D eigenvalue weighted by Gasteiger charge is 2.14. The zero-order valence-corrected chi connectivity index (χ0v) is 16.5. The summed E-state index contributed by atoms with van der Waals surface area (Å²) >= 11 is 2.19. The number of hydrogen-bond donors (Lipinski definition) is 1. The van der Waals surface area contributed by atoms with Crippen LogP contribution in [0, 0.1) is 3.57 Å². The first-order valence-electron chi connectivity index (χ1n) is 8.37. The number of fused-ring (bicyclic) bond motifs is 1. The van der Waals surface area contributed by atoms with Gasteiger partial charge in [0.15, 0.2) is 5.82 Å². The van der Waals surface area contributed by atoms with Crippen molar-refractivity contribution in [2.75, 3.05) is 5.73 Å². The molecule has 0 bridgehead atoms. The Morgan fingerprint density at radius 1 is 1.00 bits per heavy atom. The molecule has 0 spiro atoms. The van der Waals surface area contributed by atoms with Gasteiger partial charge in [-0.3, -0.25) is 9.36 Å². The van der Waals surface area contributed by atoms with Crippen molar-refractivity contribution >= 4 is 39.2 Å². The van der Waals surface area contributed by atoms with E-state index in [1.165, 1.54) is 0 Å². The third kappa shape index (κ3) is 3.66. The summed E-state index contributed by atoms with van der Waals surface area (Å²) in [4.78, 5) is 17.9. The second-order valence-corrected chi connectivity index (χ2v) is 7.27. The number of hydrogen-bond acceptors (Lipinski definition) is 4. The van der Waals surface area contributed by atoms with Crippen LogP contribution in [0.5, 0.6) is 5.75 Å². The van der Waals surface area contributed by atoms with Crippen molar-refractivity contribution in [2.45, 2.75) is 6.61 Å². The van der Waals surface area contributed by atoms with Gasteiger partial charge in [0.25, 0.3) is 5.56 Å². The highest BCUT2D eigenvalue weighted by Crippen LogP contribution is 2.18. The second-order valence-electron chi connectivity index (χ2n) is 6.02. The summed E-state index contributed by atoms with van der Waals surface area (Å²) in [5.74, 6) is 1.25. The average molecular weight is 469 g/mol. The van der Waals surface area contributed by atoms with Gasteiger partial charge in [-0.1, -0.05) is 18.2 Å². The minimum Gasteiger partial charge on any atom is -0.486 e. The lowest BCUT2D eigenvalue weighted by Crippen LogP contribution is -2.25. The van der Waals surface area contributed by atoms with Gasteiger partial charge in [0.1, 0.15) is 12.4 Å². The second kappa shape index (κ2) is 7.40. The van der Waals surface area contributed by atoms with Crippen molar-refractivity contribution in [2.24, 2.45) is 0 Å². The molecule has 0 radical (unpaired) electrons. The fourth-order valence-electron chi connectivity index (χ4n) is 2.85. The molecule has 0 saturated carbocycles. The van der Waals surface area contributed by atoms with Crippen LogP contribution in [0.4, 0.5) is 5.69 Å². The normalized spacial score (nSPS) is 10.9. The summed E-state index contributed by atoms with van der Waals surface area (Å²) in [6.45, 7) is 0.172. The van der Waals surface area contributed by atoms with Gasteiger partial charge >= 0.3 is 0 Å². The third-order valence-corrected chi connectivity index (χ3v) is 4.83. The fraction of sp³-hybridized carbons (Fsp3) is 0.0476. The molecular formula is C21H16IN3O2. The van der Waals surface area contributed by atoms with Crippen molar-refractivity contribution < 1.29 is 4.74 Å². The Labute approximate surface area is 169 Å². The maximum Gasteiger partial charge on any atom is 0.266 e. The Kier molecular flexibility index (Phi) is 4.81. The van der Waals surface area contributed by atoms with E-state index in [1.807, 2.05) is 60.7 Å². The smallest absolute Gasteiger partial charge is 0.266 e. The standard InChI is InChI=1S/C21H16IN3O2/c22-14-6-11-19-18(12-14)21(26)25(16-9-7-15(23)8-10-16)20(24-19)13-27-17-4-2-1-3-5-17/h1-12H,13,23H2. The minimum atomic E-state index is -0.130. The highest BCUT2D eigenvalue weighted by atomic mass is 127. The Balaban J connectivity index is 1.87. The van der Waals surface area contributed by atoms with Gasteiger partial charge in [-0.05, 0) is 77.2 Å². The van der Waals surface area contributed by atoms with E-state index in [0.29, 0.717) is 28.1 Å². The molecule has 1 aromatic heterocycles. The number of halogens is 1. The molecule has 3 aromatic carbocycles. The SMILES string of the molecule is Nc1ccc(-n2c(COc3ccccc3)nc3ccc(I)cc3c2=O)cc1. The van der Waals surface area contributed by atoms with Crippen LogP contribution in [0.2, 0.25) is 0 Å². The van der Waals surface area contributed by atoms with Crippen LogP contribution in [-0.4, -0.2) is 9.55 Å². The summed E-state index contributed by atoms with van der Waals surface area (Å²) in [6, 6.07) is 22.3. The number of nitrogen functional groups attached to an aromatic ring is 1. The van der Waals surface area contributed by atoms with E-state index in [0.717, 1.165) is 9.32 Å². The molecule has 4 rings (SSSR count). The van der Waals surface area contributed by atoms with Crippen molar-refractivity contribution in [3.63, 3.8) is 0 Å². The quantitative estimate of drug-likeness (QED) is 0.360. The van der Waals surface area contributed by atoms with E-state index in [-0.39, 0.29) is 12.2 Å². The number of anilines is 1. The molecule has 134 valence electrons. The van der Waals surface area contributed by atoms with Gasteiger partial charge in [-0.25, -0.2) is 4.98 Å². The largest absolute Gasteiger partial charge is 0.486 e. The Bertz CT molecular complexity index is 1160. The van der Waals surface area contributed by atoms with E-state index in [1.54, 1.807) is 16.7 Å². The summed E-state index contributed by atoms with van der Waals surface area (Å²) in [7, 11) is 0. The van der Waals surface area contributed by atoms with Gasteiger partial charge in [0.2, 0.25) is 0 Å². The minimum absolute atomic E-state index is 0.130. The van der Waals surface area contributed by atoms with E-state index < -0.39 is 0 Å². The molecule has 5 nitrogen and oxygen atoms in total. The van der Waals surface area contributed by atoms with Gasteiger partial charge in [0, 0.05) is 9.26 Å². The van der Waals surface area contributed by atoms with E-state index in [4.69, 9.17) is 15.5 Å². The van der Waals surface area contributed by atoms with Gasteiger partial charge in [0.05, 0.1) is 16.6 Å². The van der Waals surface area contributed by atoms with Crippen LogP contribution in [0.15, 0.2) is 77.6 Å². The van der Waals surface area contributed by atoms with Crippen LogP contribution < -0.4 is 16.0 Å². The monoisotopic (exact) mass is 469 g/mol. The molecule has 0 aliphatic carbocycles. The number of ether oxygens (including phenoxy) is 1. The Morgan fingerprint density at radius 3 is 2.48 bits per heavy atom. The zero-order chi connectivity index (χ0) is 18.8. The molecule has 0 fully saturated rings. The van der Waals surface area contributed by atoms with Crippen LogP contribution in [0.3, 0.4) is 0 Å². The van der Waals surface area contributed by atoms with Gasteiger partial charge in [-0.15, -0.1) is 0 Å². The lowest BCUT2D eigenvalue weighted by atomic mass is 10.2. The van der Waals surface area contributed by atoms with Crippen LogP contribution >= 0.6 is 22.6 Å². The predicted molar refractivity (Wildman–Crippen MR) is 115 cm³/mol. The lowest BCUT2D eigenvalue weighted by molar-refractivity contribution is 0.292. The lowest BCUT2D eigenvalue weighted by Gasteiger charge is -2.15. The molecular weight excluding hydrogens is 453 g/mol. The first-order valence-corrected chi connectivity index (χ1v) is 9.45. The predicted octanol–water partition coefficient (Wildman–Crippen LogP) is 4.15. The van der Waals surface area contributed by atoms with Gasteiger partial charge < -0.3 is 10.5 Å². The molecule has 0 aliphatic heterocycles. The van der Waals surface area contributed by atoms with E-state index >= 15 is 0 Å². The molecule has 1 heterocycles. The van der Waals surface area contributed by atoms with Crippen molar-refractivity contribution in [3.8, 4) is 11.4 Å². The molecule has 6 heteroatoms.